The molecule has 1 saturated carbocycles. The molecule has 13 heavy (non-hydrogen) atoms. The molecule has 0 amide bonds. The van der Waals surface area contributed by atoms with Crippen LogP contribution in [-0.4, -0.2) is 16.4 Å². The molecular formula is C8H9F3N2. The zero-order chi connectivity index (χ0) is 9.69. The summed E-state index contributed by atoms with van der Waals surface area (Å²) in [5.74, 6) is 0. The van der Waals surface area contributed by atoms with E-state index in [4.69, 9.17) is 0 Å². The van der Waals surface area contributed by atoms with Gasteiger partial charge < -0.3 is 0 Å². The molecule has 0 unspecified atom stereocenters. The molecule has 1 aliphatic carbocycles. The van der Waals surface area contributed by atoms with E-state index in [1.165, 1.54) is 6.07 Å². The van der Waals surface area contributed by atoms with Gasteiger partial charge in [-0.25, -0.2) is 0 Å². The first-order chi connectivity index (χ1) is 5.96. The number of aromatic nitrogens is 2. The highest BCUT2D eigenvalue weighted by Gasteiger charge is 2.65. The highest BCUT2D eigenvalue weighted by molar-refractivity contribution is 5.28. The zero-order valence-corrected chi connectivity index (χ0v) is 7.07. The molecule has 0 saturated heterocycles. The number of nitrogens with zero attached hydrogens (tertiary/aromatic N) is 1. The Kier molecular flexibility index (Phi) is 1.50. The molecule has 0 bridgehead atoms. The Morgan fingerprint density at radius 1 is 1.46 bits per heavy atom. The van der Waals surface area contributed by atoms with Gasteiger partial charge in [0.2, 0.25) is 0 Å². The van der Waals surface area contributed by atoms with Crippen LogP contribution >= 0.6 is 0 Å². The molecule has 1 heterocycles. The summed E-state index contributed by atoms with van der Waals surface area (Å²) >= 11 is 0. The number of halogens is 3. The van der Waals surface area contributed by atoms with Crippen molar-refractivity contribution in [2.75, 3.05) is 0 Å². The van der Waals surface area contributed by atoms with Gasteiger partial charge in [0, 0.05) is 5.69 Å². The van der Waals surface area contributed by atoms with Crippen molar-refractivity contribution in [3.8, 4) is 0 Å². The molecule has 1 aromatic rings. The molecule has 1 aromatic heterocycles. The minimum Gasteiger partial charge on any atom is -0.283 e. The molecule has 0 radical (unpaired) electrons. The summed E-state index contributed by atoms with van der Waals surface area (Å²) in [5, 5.41) is 6.21. The second-order valence-corrected chi connectivity index (χ2v) is 3.52. The van der Waals surface area contributed by atoms with E-state index >= 15 is 0 Å². The topological polar surface area (TPSA) is 28.7 Å². The van der Waals surface area contributed by atoms with Gasteiger partial charge in [-0.2, -0.15) is 18.3 Å². The maximum absolute atomic E-state index is 12.5. The van der Waals surface area contributed by atoms with E-state index in [1.54, 1.807) is 6.92 Å². The Morgan fingerprint density at radius 2 is 2.08 bits per heavy atom. The first-order valence-electron chi connectivity index (χ1n) is 4.05. The summed E-state index contributed by atoms with van der Waals surface area (Å²) in [5.41, 5.74) is -0.833. The van der Waals surface area contributed by atoms with Gasteiger partial charge in [0.05, 0.1) is 5.69 Å². The van der Waals surface area contributed by atoms with Gasteiger partial charge in [0.25, 0.3) is 0 Å². The highest BCUT2D eigenvalue weighted by Crippen LogP contribution is 2.58. The van der Waals surface area contributed by atoms with E-state index < -0.39 is 11.6 Å². The van der Waals surface area contributed by atoms with Crippen LogP contribution in [0.15, 0.2) is 6.07 Å². The maximum atomic E-state index is 12.5. The summed E-state index contributed by atoms with van der Waals surface area (Å²) in [6.45, 7) is 1.70. The molecule has 1 aliphatic rings. The molecule has 0 spiro atoms. The lowest BCUT2D eigenvalue weighted by Crippen LogP contribution is -2.28. The highest BCUT2D eigenvalue weighted by atomic mass is 19.4. The first kappa shape index (κ1) is 8.59. The standard InChI is InChI=1S/C8H9F3N2/c1-5-4-6(13-12-5)7(2-3-7)8(9,10)11/h4H,2-3H2,1H3,(H,12,13). The molecule has 5 heteroatoms. The van der Waals surface area contributed by atoms with Crippen molar-refractivity contribution in [2.45, 2.75) is 31.4 Å². The minimum absolute atomic E-state index is 0.137. The van der Waals surface area contributed by atoms with Crippen LogP contribution in [0.5, 0.6) is 0 Å². The Labute approximate surface area is 73.1 Å². The SMILES string of the molecule is Cc1cc(C2(C(F)(F)F)CC2)n[nH]1. The van der Waals surface area contributed by atoms with Gasteiger partial charge >= 0.3 is 6.18 Å². The average molecular weight is 190 g/mol. The van der Waals surface area contributed by atoms with E-state index in [9.17, 15) is 13.2 Å². The molecule has 0 atom stereocenters. The van der Waals surface area contributed by atoms with Crippen LogP contribution in [0.25, 0.3) is 0 Å². The van der Waals surface area contributed by atoms with Crippen LogP contribution in [-0.2, 0) is 5.41 Å². The minimum atomic E-state index is -4.16. The van der Waals surface area contributed by atoms with Gasteiger partial charge in [0.15, 0.2) is 0 Å². The second kappa shape index (κ2) is 2.27. The van der Waals surface area contributed by atoms with Gasteiger partial charge in [-0.3, -0.25) is 5.10 Å². The maximum Gasteiger partial charge on any atom is 0.400 e. The normalized spacial score (nSPS) is 20.3. The van der Waals surface area contributed by atoms with Gasteiger partial charge in [-0.1, -0.05) is 0 Å². The zero-order valence-electron chi connectivity index (χ0n) is 7.07. The third-order valence-corrected chi connectivity index (χ3v) is 2.49. The van der Waals surface area contributed by atoms with Crippen molar-refractivity contribution >= 4 is 0 Å². The van der Waals surface area contributed by atoms with Crippen LogP contribution in [0, 0.1) is 6.92 Å². The first-order valence-corrected chi connectivity index (χ1v) is 4.05. The summed E-state index contributed by atoms with van der Waals surface area (Å²) in [6.07, 6.45) is -3.82. The van der Waals surface area contributed by atoms with Crippen molar-refractivity contribution in [1.29, 1.82) is 0 Å². The van der Waals surface area contributed by atoms with Crippen molar-refractivity contribution in [2.24, 2.45) is 0 Å². The molecular weight excluding hydrogens is 181 g/mol. The predicted octanol–water partition coefficient (Wildman–Crippen LogP) is 2.31. The smallest absolute Gasteiger partial charge is 0.283 e. The van der Waals surface area contributed by atoms with E-state index in [-0.39, 0.29) is 18.5 Å². The number of H-pyrrole nitrogens is 1. The number of alkyl halides is 3. The largest absolute Gasteiger partial charge is 0.400 e. The molecule has 0 aromatic carbocycles. The van der Waals surface area contributed by atoms with Crippen LogP contribution in [0.1, 0.15) is 24.2 Å². The van der Waals surface area contributed by atoms with Crippen LogP contribution < -0.4 is 0 Å². The number of hydrogen-bond acceptors (Lipinski definition) is 1. The van der Waals surface area contributed by atoms with Gasteiger partial charge in [-0.15, -0.1) is 0 Å². The fourth-order valence-corrected chi connectivity index (χ4v) is 1.47. The number of rotatable bonds is 1. The van der Waals surface area contributed by atoms with E-state index in [0.717, 1.165) is 0 Å². The Hall–Kier alpha value is -1.00. The molecule has 0 aliphatic heterocycles. The second-order valence-electron chi connectivity index (χ2n) is 3.52. The lowest BCUT2D eigenvalue weighted by Gasteiger charge is -2.15. The molecule has 2 rings (SSSR count). The third-order valence-electron chi connectivity index (χ3n) is 2.49. The number of nitrogens with one attached hydrogen (secondary N) is 1. The molecule has 1 fully saturated rings. The molecule has 2 nitrogen and oxygen atoms in total. The summed E-state index contributed by atoms with van der Waals surface area (Å²) in [7, 11) is 0. The Morgan fingerprint density at radius 3 is 2.38 bits per heavy atom. The quantitative estimate of drug-likeness (QED) is 0.723. The number of hydrogen-bond donors (Lipinski definition) is 1. The average Bonchev–Trinajstić information content (AvgIpc) is 2.70. The summed E-state index contributed by atoms with van der Waals surface area (Å²) in [4.78, 5) is 0. The number of aryl methyl sites for hydroxylation is 1. The summed E-state index contributed by atoms with van der Waals surface area (Å²) in [6, 6.07) is 1.47. The van der Waals surface area contributed by atoms with Crippen LogP contribution in [0.3, 0.4) is 0 Å². The number of aromatic amines is 1. The summed E-state index contributed by atoms with van der Waals surface area (Å²) < 4.78 is 37.6. The third kappa shape index (κ3) is 1.14. The monoisotopic (exact) mass is 190 g/mol. The predicted molar refractivity (Wildman–Crippen MR) is 40.3 cm³/mol. The van der Waals surface area contributed by atoms with Crippen molar-refractivity contribution in [1.82, 2.24) is 10.2 Å². The van der Waals surface area contributed by atoms with E-state index in [2.05, 4.69) is 10.2 Å². The Balaban J connectivity index is 2.36. The fourth-order valence-electron chi connectivity index (χ4n) is 1.47. The van der Waals surface area contributed by atoms with Crippen molar-refractivity contribution in [3.05, 3.63) is 17.5 Å². The lowest BCUT2D eigenvalue weighted by atomic mass is 10.0. The van der Waals surface area contributed by atoms with Crippen molar-refractivity contribution < 1.29 is 13.2 Å². The van der Waals surface area contributed by atoms with Gasteiger partial charge in [0.1, 0.15) is 5.41 Å². The molecule has 72 valence electrons. The van der Waals surface area contributed by atoms with Crippen LogP contribution in [0.2, 0.25) is 0 Å². The van der Waals surface area contributed by atoms with E-state index in [0.29, 0.717) is 5.69 Å². The van der Waals surface area contributed by atoms with Gasteiger partial charge in [-0.05, 0) is 25.8 Å². The Bertz CT molecular complexity index is 322. The lowest BCUT2D eigenvalue weighted by molar-refractivity contribution is -0.161. The van der Waals surface area contributed by atoms with E-state index in [1.807, 2.05) is 0 Å². The van der Waals surface area contributed by atoms with Crippen LogP contribution in [0.4, 0.5) is 13.2 Å². The fraction of sp³-hybridized carbons (Fsp3) is 0.625. The molecule has 1 N–H and O–H groups in total. The van der Waals surface area contributed by atoms with Crippen molar-refractivity contribution in [3.63, 3.8) is 0 Å².